The summed E-state index contributed by atoms with van der Waals surface area (Å²) in [4.78, 5) is 17.8. The van der Waals surface area contributed by atoms with E-state index in [2.05, 4.69) is 44.2 Å². The first-order valence-electron chi connectivity index (χ1n) is 6.92. The van der Waals surface area contributed by atoms with Gasteiger partial charge in [0.05, 0.1) is 19.1 Å². The van der Waals surface area contributed by atoms with Crippen LogP contribution in [-0.4, -0.2) is 55.6 Å². The highest BCUT2D eigenvalue weighted by atomic mass is 79.9. The summed E-state index contributed by atoms with van der Waals surface area (Å²) in [6.45, 7) is 6.39. The minimum absolute atomic E-state index is 0.110. The first-order valence-corrected chi connectivity index (χ1v) is 8.59. The van der Waals surface area contributed by atoms with Crippen molar-refractivity contribution < 1.29 is 9.53 Å². The molecule has 0 N–H and O–H groups in total. The molecule has 1 saturated heterocycles. The summed E-state index contributed by atoms with van der Waals surface area (Å²) < 4.78 is 6.21. The molecule has 1 atom stereocenters. The number of esters is 1. The normalized spacial score (nSPS) is 18.9. The standard InChI is InChI=1S/C14H21BrN2O2S/c1-3-19-14(18)9-12(13-8-11(15)10-20-13)17-6-4-16(2)5-7-17/h8,10,12H,3-7,9H2,1-2H3. The first-order chi connectivity index (χ1) is 9.60. The molecule has 112 valence electrons. The Kier molecular flexibility index (Phi) is 6.01. The van der Waals surface area contributed by atoms with E-state index in [1.165, 1.54) is 4.88 Å². The highest BCUT2D eigenvalue weighted by molar-refractivity contribution is 9.10. The molecule has 0 spiro atoms. The molecule has 4 nitrogen and oxygen atoms in total. The molecule has 0 aromatic carbocycles. The van der Waals surface area contributed by atoms with E-state index in [4.69, 9.17) is 4.74 Å². The molecule has 0 saturated carbocycles. The van der Waals surface area contributed by atoms with Crippen LogP contribution < -0.4 is 0 Å². The van der Waals surface area contributed by atoms with Crippen LogP contribution in [0, 0.1) is 0 Å². The van der Waals surface area contributed by atoms with Gasteiger partial charge in [0.15, 0.2) is 0 Å². The van der Waals surface area contributed by atoms with E-state index in [1.807, 2.05) is 6.92 Å². The van der Waals surface area contributed by atoms with Crippen LogP contribution in [0.25, 0.3) is 0 Å². The molecule has 0 aliphatic carbocycles. The third-order valence-electron chi connectivity index (χ3n) is 3.56. The second-order valence-electron chi connectivity index (χ2n) is 5.03. The number of piperazine rings is 1. The number of carbonyl (C=O) groups is 1. The van der Waals surface area contributed by atoms with Crippen molar-refractivity contribution in [1.29, 1.82) is 0 Å². The van der Waals surface area contributed by atoms with Gasteiger partial charge in [-0.1, -0.05) is 0 Å². The Morgan fingerprint density at radius 1 is 1.45 bits per heavy atom. The molecule has 1 unspecified atom stereocenters. The van der Waals surface area contributed by atoms with Gasteiger partial charge in [0.1, 0.15) is 0 Å². The lowest BCUT2D eigenvalue weighted by molar-refractivity contribution is -0.144. The molecule has 2 rings (SSSR count). The lowest BCUT2D eigenvalue weighted by Crippen LogP contribution is -2.46. The fourth-order valence-electron chi connectivity index (χ4n) is 2.42. The Bertz CT molecular complexity index is 444. The van der Waals surface area contributed by atoms with Crippen molar-refractivity contribution in [2.75, 3.05) is 39.8 Å². The van der Waals surface area contributed by atoms with Crippen LogP contribution in [0.15, 0.2) is 15.9 Å². The SMILES string of the molecule is CCOC(=O)CC(c1cc(Br)cs1)N1CCN(C)CC1. The predicted molar refractivity (Wildman–Crippen MR) is 85.1 cm³/mol. The van der Waals surface area contributed by atoms with Crippen LogP contribution in [0.1, 0.15) is 24.3 Å². The third kappa shape index (κ3) is 4.28. The van der Waals surface area contributed by atoms with Crippen LogP contribution in [-0.2, 0) is 9.53 Å². The van der Waals surface area contributed by atoms with Crippen LogP contribution >= 0.6 is 27.3 Å². The second-order valence-corrected chi connectivity index (χ2v) is 6.89. The van der Waals surface area contributed by atoms with E-state index in [-0.39, 0.29) is 12.0 Å². The van der Waals surface area contributed by atoms with Crippen LogP contribution in [0.3, 0.4) is 0 Å². The zero-order valence-electron chi connectivity index (χ0n) is 12.0. The average Bonchev–Trinajstić information content (AvgIpc) is 2.84. The molecule has 1 fully saturated rings. The summed E-state index contributed by atoms with van der Waals surface area (Å²) in [5.41, 5.74) is 0. The largest absolute Gasteiger partial charge is 0.466 e. The van der Waals surface area contributed by atoms with Crippen LogP contribution in [0.4, 0.5) is 0 Å². The monoisotopic (exact) mass is 360 g/mol. The van der Waals surface area contributed by atoms with Crippen molar-refractivity contribution in [2.24, 2.45) is 0 Å². The molecule has 1 aromatic heterocycles. The van der Waals surface area contributed by atoms with Crippen molar-refractivity contribution >= 4 is 33.2 Å². The van der Waals surface area contributed by atoms with E-state index in [1.54, 1.807) is 11.3 Å². The summed E-state index contributed by atoms with van der Waals surface area (Å²) in [5.74, 6) is -0.110. The lowest BCUT2D eigenvalue weighted by atomic mass is 10.1. The maximum atomic E-state index is 11.9. The lowest BCUT2D eigenvalue weighted by Gasteiger charge is -2.37. The molecule has 2 heterocycles. The molecular weight excluding hydrogens is 340 g/mol. The number of hydrogen-bond donors (Lipinski definition) is 0. The number of halogens is 1. The summed E-state index contributed by atoms with van der Waals surface area (Å²) in [6, 6.07) is 2.26. The number of likely N-dealkylation sites (N-methyl/N-ethyl adjacent to an activating group) is 1. The molecule has 1 aromatic rings. The van der Waals surface area contributed by atoms with Gasteiger partial charge in [0.2, 0.25) is 0 Å². The zero-order valence-corrected chi connectivity index (χ0v) is 14.4. The molecule has 0 radical (unpaired) electrons. The Morgan fingerprint density at radius 3 is 2.70 bits per heavy atom. The van der Waals surface area contributed by atoms with Gasteiger partial charge in [0.25, 0.3) is 0 Å². The van der Waals surface area contributed by atoms with Gasteiger partial charge >= 0.3 is 5.97 Å². The van der Waals surface area contributed by atoms with E-state index < -0.39 is 0 Å². The number of thiophene rings is 1. The number of nitrogens with zero attached hydrogens (tertiary/aromatic N) is 2. The van der Waals surface area contributed by atoms with Crippen molar-refractivity contribution in [3.8, 4) is 0 Å². The summed E-state index contributed by atoms with van der Waals surface area (Å²) in [7, 11) is 2.14. The van der Waals surface area contributed by atoms with Gasteiger partial charge in [0, 0.05) is 40.9 Å². The molecule has 0 bridgehead atoms. The smallest absolute Gasteiger partial charge is 0.307 e. The molecule has 1 aliphatic heterocycles. The van der Waals surface area contributed by atoms with Gasteiger partial charge in [-0.25, -0.2) is 0 Å². The zero-order chi connectivity index (χ0) is 14.5. The third-order valence-corrected chi connectivity index (χ3v) is 5.35. The highest BCUT2D eigenvalue weighted by Gasteiger charge is 2.27. The Labute approximate surface area is 132 Å². The fourth-order valence-corrected chi connectivity index (χ4v) is 4.00. The summed E-state index contributed by atoms with van der Waals surface area (Å²) in [6.07, 6.45) is 0.435. The quantitative estimate of drug-likeness (QED) is 0.755. The maximum Gasteiger partial charge on any atom is 0.307 e. The number of hydrogen-bond acceptors (Lipinski definition) is 5. The van der Waals surface area contributed by atoms with Gasteiger partial charge < -0.3 is 9.64 Å². The summed E-state index contributed by atoms with van der Waals surface area (Å²) in [5, 5.41) is 2.07. The van der Waals surface area contributed by atoms with Crippen LogP contribution in [0.5, 0.6) is 0 Å². The number of rotatable bonds is 5. The van der Waals surface area contributed by atoms with E-state index in [9.17, 15) is 4.79 Å². The maximum absolute atomic E-state index is 11.9. The summed E-state index contributed by atoms with van der Waals surface area (Å²) >= 11 is 5.20. The van der Waals surface area contributed by atoms with E-state index in [0.29, 0.717) is 13.0 Å². The van der Waals surface area contributed by atoms with E-state index >= 15 is 0 Å². The Morgan fingerprint density at radius 2 is 2.15 bits per heavy atom. The van der Waals surface area contributed by atoms with Gasteiger partial charge in [-0.15, -0.1) is 11.3 Å². The Balaban J connectivity index is 2.09. The van der Waals surface area contributed by atoms with Crippen molar-refractivity contribution in [2.45, 2.75) is 19.4 Å². The average molecular weight is 361 g/mol. The topological polar surface area (TPSA) is 32.8 Å². The number of ether oxygens (including phenoxy) is 1. The fraction of sp³-hybridized carbons (Fsp3) is 0.643. The van der Waals surface area contributed by atoms with Crippen molar-refractivity contribution in [3.05, 3.63) is 20.8 Å². The molecular formula is C14H21BrN2O2S. The van der Waals surface area contributed by atoms with Crippen molar-refractivity contribution in [3.63, 3.8) is 0 Å². The Hall–Kier alpha value is -0.430. The molecule has 20 heavy (non-hydrogen) atoms. The van der Waals surface area contributed by atoms with Gasteiger partial charge in [-0.3, -0.25) is 9.69 Å². The predicted octanol–water partition coefficient (Wildman–Crippen LogP) is 2.75. The minimum atomic E-state index is -0.110. The van der Waals surface area contributed by atoms with Crippen molar-refractivity contribution in [1.82, 2.24) is 9.80 Å². The second kappa shape index (κ2) is 7.54. The highest BCUT2D eigenvalue weighted by Crippen LogP contribution is 2.32. The van der Waals surface area contributed by atoms with E-state index in [0.717, 1.165) is 30.7 Å². The number of carbonyl (C=O) groups excluding carboxylic acids is 1. The molecule has 1 aliphatic rings. The minimum Gasteiger partial charge on any atom is -0.466 e. The van der Waals surface area contributed by atoms with Gasteiger partial charge in [-0.2, -0.15) is 0 Å². The molecule has 0 amide bonds. The first kappa shape index (κ1) is 15.9. The van der Waals surface area contributed by atoms with Crippen LogP contribution in [0.2, 0.25) is 0 Å². The molecule has 6 heteroatoms. The van der Waals surface area contributed by atoms with Gasteiger partial charge in [-0.05, 0) is 36.0 Å².